The van der Waals surface area contributed by atoms with Crippen LogP contribution in [-0.4, -0.2) is 5.78 Å². The van der Waals surface area contributed by atoms with E-state index in [9.17, 15) is 0 Å². The predicted octanol–water partition coefficient (Wildman–Crippen LogP) is 10.4. The number of benzene rings is 6. The summed E-state index contributed by atoms with van der Waals surface area (Å²) >= 11 is 3.55. The smallest absolute Gasteiger partial charge is 0.194 e. The second kappa shape index (κ2) is 10.5. The molecule has 0 atom stereocenters. The number of rotatable bonds is 4. The van der Waals surface area contributed by atoms with Gasteiger partial charge in [-0.2, -0.15) is 0 Å². The van der Waals surface area contributed by atoms with Crippen molar-refractivity contribution in [3.8, 4) is 22.3 Å². The van der Waals surface area contributed by atoms with E-state index in [1.807, 2.05) is 12.1 Å². The van der Waals surface area contributed by atoms with Crippen LogP contribution in [0.3, 0.4) is 0 Å². The molecule has 1 nitrogen and oxygen atoms in total. The van der Waals surface area contributed by atoms with Crippen molar-refractivity contribution in [2.45, 2.75) is 32.4 Å². The highest BCUT2D eigenvalue weighted by Gasteiger charge is 2.31. The lowest BCUT2D eigenvalue weighted by Gasteiger charge is -2.27. The molecule has 0 unspecified atom stereocenters. The fourth-order valence-corrected chi connectivity index (χ4v) is 8.45. The molecule has 0 bridgehead atoms. The van der Waals surface area contributed by atoms with Crippen LogP contribution in [0.1, 0.15) is 38.2 Å². The first-order chi connectivity index (χ1) is 20.7. The molecule has 2 heterocycles. The first-order valence-electron chi connectivity index (χ1n) is 14.2. The van der Waals surface area contributed by atoms with Gasteiger partial charge >= 0.3 is 0 Å². The van der Waals surface area contributed by atoms with Crippen molar-refractivity contribution in [3.05, 3.63) is 167 Å². The van der Waals surface area contributed by atoms with Crippen LogP contribution in [0.25, 0.3) is 22.3 Å². The fraction of sp³-hybridized carbons (Fsp3) is 0.0513. The summed E-state index contributed by atoms with van der Waals surface area (Å²) in [6, 6.07) is 46.6. The largest absolute Gasteiger partial charge is 0.289 e. The monoisotopic (exact) mass is 574 g/mol. The summed E-state index contributed by atoms with van der Waals surface area (Å²) in [5.74, 6) is 0.112. The molecule has 0 radical (unpaired) electrons. The topological polar surface area (TPSA) is 17.1 Å². The average Bonchev–Trinajstić information content (AvgIpc) is 3.06. The van der Waals surface area contributed by atoms with Crippen LogP contribution < -0.4 is 0 Å². The van der Waals surface area contributed by atoms with Gasteiger partial charge in [-0.3, -0.25) is 4.79 Å². The molecule has 42 heavy (non-hydrogen) atoms. The van der Waals surface area contributed by atoms with Crippen LogP contribution in [0, 0.1) is 0 Å². The van der Waals surface area contributed by atoms with Crippen molar-refractivity contribution in [3.63, 3.8) is 0 Å². The van der Waals surface area contributed by atoms with Crippen molar-refractivity contribution in [1.29, 1.82) is 0 Å². The maximum atomic E-state index is 15.4. The van der Waals surface area contributed by atoms with Gasteiger partial charge < -0.3 is 0 Å². The van der Waals surface area contributed by atoms with Gasteiger partial charge in [-0.25, -0.2) is 0 Å². The van der Waals surface area contributed by atoms with Crippen LogP contribution in [-0.2, 0) is 12.8 Å². The zero-order valence-electron chi connectivity index (χ0n) is 22.8. The van der Waals surface area contributed by atoms with E-state index in [4.69, 9.17) is 0 Å². The number of carbonyl (C=O) groups is 1. The molecule has 0 aromatic heterocycles. The minimum absolute atomic E-state index is 0.112. The van der Waals surface area contributed by atoms with Gasteiger partial charge in [-0.15, -0.1) is 0 Å². The van der Waals surface area contributed by atoms with E-state index in [2.05, 4.69) is 121 Å². The molecule has 0 fully saturated rings. The summed E-state index contributed by atoms with van der Waals surface area (Å²) in [4.78, 5) is 20.3. The Labute approximate surface area is 254 Å². The quantitative estimate of drug-likeness (QED) is 0.195. The highest BCUT2D eigenvalue weighted by atomic mass is 32.2. The normalized spacial score (nSPS) is 13.0. The number of carbonyl (C=O) groups excluding carboxylic acids is 1. The predicted molar refractivity (Wildman–Crippen MR) is 174 cm³/mol. The van der Waals surface area contributed by atoms with E-state index < -0.39 is 0 Å². The molecule has 6 aromatic carbocycles. The maximum absolute atomic E-state index is 15.4. The van der Waals surface area contributed by atoms with Crippen LogP contribution in [0.2, 0.25) is 0 Å². The van der Waals surface area contributed by atoms with Crippen molar-refractivity contribution in [1.82, 2.24) is 0 Å². The molecule has 8 rings (SSSR count). The Balaban J connectivity index is 1.39. The number of ketones is 1. The highest BCUT2D eigenvalue weighted by Crippen LogP contribution is 2.47. The molecule has 2 aliphatic heterocycles. The van der Waals surface area contributed by atoms with Crippen LogP contribution in [0.15, 0.2) is 153 Å². The first-order valence-corrected chi connectivity index (χ1v) is 15.9. The van der Waals surface area contributed by atoms with Crippen molar-refractivity contribution >= 4 is 29.3 Å². The Morgan fingerprint density at radius 1 is 0.429 bits per heavy atom. The van der Waals surface area contributed by atoms with E-state index in [-0.39, 0.29) is 5.78 Å². The fourth-order valence-electron chi connectivity index (χ4n) is 6.28. The molecule has 0 amide bonds. The summed E-state index contributed by atoms with van der Waals surface area (Å²) in [7, 11) is 0. The Kier molecular flexibility index (Phi) is 6.36. The van der Waals surface area contributed by atoms with Crippen LogP contribution >= 0.6 is 23.5 Å². The molecular formula is C39H26OS2. The third kappa shape index (κ3) is 4.32. The zero-order valence-corrected chi connectivity index (χ0v) is 24.5. The number of fused-ring (bicyclic) bond motifs is 4. The van der Waals surface area contributed by atoms with Crippen LogP contribution in [0.4, 0.5) is 0 Å². The Hall–Kier alpha value is -4.31. The second-order valence-corrected chi connectivity index (χ2v) is 12.9. The van der Waals surface area contributed by atoms with Crippen molar-refractivity contribution in [2.75, 3.05) is 0 Å². The van der Waals surface area contributed by atoms with Gasteiger partial charge in [-0.1, -0.05) is 133 Å². The Bertz CT molecular complexity index is 1850. The van der Waals surface area contributed by atoms with Crippen LogP contribution in [0.5, 0.6) is 0 Å². The first kappa shape index (κ1) is 25.4. The Morgan fingerprint density at radius 2 is 0.833 bits per heavy atom. The van der Waals surface area contributed by atoms with E-state index in [1.165, 1.54) is 30.7 Å². The second-order valence-electron chi connectivity index (χ2n) is 10.8. The Morgan fingerprint density at radius 3 is 1.29 bits per heavy atom. The van der Waals surface area contributed by atoms with E-state index in [0.29, 0.717) is 0 Å². The molecule has 0 aliphatic carbocycles. The van der Waals surface area contributed by atoms with Gasteiger partial charge in [0.15, 0.2) is 5.78 Å². The van der Waals surface area contributed by atoms with Gasteiger partial charge in [0.25, 0.3) is 0 Å². The van der Waals surface area contributed by atoms with E-state index >= 15 is 4.79 Å². The minimum Gasteiger partial charge on any atom is -0.289 e. The molecule has 3 heteroatoms. The van der Waals surface area contributed by atoms with Crippen molar-refractivity contribution in [2.24, 2.45) is 0 Å². The third-order valence-electron chi connectivity index (χ3n) is 8.28. The van der Waals surface area contributed by atoms with Gasteiger partial charge in [0, 0.05) is 43.6 Å². The minimum atomic E-state index is 0.112. The summed E-state index contributed by atoms with van der Waals surface area (Å²) in [5, 5.41) is 0. The average molecular weight is 575 g/mol. The third-order valence-corrected chi connectivity index (χ3v) is 10.7. The molecule has 0 spiro atoms. The van der Waals surface area contributed by atoms with Gasteiger partial charge in [0.05, 0.1) is 0 Å². The lowest BCUT2D eigenvalue weighted by Crippen LogP contribution is -2.16. The molecule has 0 saturated heterocycles. The van der Waals surface area contributed by atoms with E-state index in [1.54, 1.807) is 23.5 Å². The summed E-state index contributed by atoms with van der Waals surface area (Å²) in [5.41, 5.74) is 10.6. The maximum Gasteiger partial charge on any atom is 0.194 e. The molecule has 200 valence electrons. The summed E-state index contributed by atoms with van der Waals surface area (Å²) in [6.45, 7) is 0. The van der Waals surface area contributed by atoms with Gasteiger partial charge in [0.1, 0.15) is 0 Å². The van der Waals surface area contributed by atoms with Gasteiger partial charge in [-0.05, 0) is 68.8 Å². The number of hydrogen-bond donors (Lipinski definition) is 0. The standard InChI is InChI=1S/C39H26OS2/c40-39(37-29(25-11-3-1-4-12-25)19-21-35-31(37)23-27-15-7-9-17-33(27)41-35)38-30(26-13-5-2-6-14-26)20-22-36-32(38)24-28-16-8-10-18-34(28)42-36/h1-22H,23-24H2. The zero-order chi connectivity index (χ0) is 28.0. The molecule has 0 N–H and O–H groups in total. The van der Waals surface area contributed by atoms with Gasteiger partial charge in [0.2, 0.25) is 0 Å². The molecular weight excluding hydrogens is 549 g/mol. The SMILES string of the molecule is O=C(c1c(-c2ccccc2)ccc2c1Cc1ccccc1S2)c1c(-c2ccccc2)ccc2c1Cc1ccccc1S2. The number of hydrogen-bond acceptors (Lipinski definition) is 3. The lowest BCUT2D eigenvalue weighted by molar-refractivity contribution is 0.103. The summed E-state index contributed by atoms with van der Waals surface area (Å²) < 4.78 is 0. The highest BCUT2D eigenvalue weighted by molar-refractivity contribution is 7.99. The molecule has 6 aromatic rings. The lowest BCUT2D eigenvalue weighted by atomic mass is 9.82. The van der Waals surface area contributed by atoms with E-state index in [0.717, 1.165) is 57.3 Å². The summed E-state index contributed by atoms with van der Waals surface area (Å²) in [6.07, 6.45) is 1.49. The van der Waals surface area contributed by atoms with Crippen molar-refractivity contribution < 1.29 is 4.79 Å². The molecule has 0 saturated carbocycles. The molecule has 2 aliphatic rings.